The SMILES string of the molecule is OC(c1cccc(F)c1)C1C2CCCC21. The van der Waals surface area contributed by atoms with Crippen LogP contribution in [0, 0.1) is 23.6 Å². The first-order valence-electron chi connectivity index (χ1n) is 5.71. The number of fused-ring (bicyclic) bond motifs is 1. The van der Waals surface area contributed by atoms with Gasteiger partial charge in [-0.2, -0.15) is 0 Å². The van der Waals surface area contributed by atoms with E-state index in [0.29, 0.717) is 17.8 Å². The molecule has 1 aromatic carbocycles. The molecule has 1 aromatic rings. The van der Waals surface area contributed by atoms with Gasteiger partial charge in [0.1, 0.15) is 5.82 Å². The molecule has 0 amide bonds. The second-order valence-electron chi connectivity index (χ2n) is 4.84. The molecule has 0 spiro atoms. The normalized spacial score (nSPS) is 34.9. The quantitative estimate of drug-likeness (QED) is 0.788. The summed E-state index contributed by atoms with van der Waals surface area (Å²) in [4.78, 5) is 0. The van der Waals surface area contributed by atoms with Crippen molar-refractivity contribution in [2.24, 2.45) is 17.8 Å². The summed E-state index contributed by atoms with van der Waals surface area (Å²) in [6, 6.07) is 6.37. The van der Waals surface area contributed by atoms with Crippen LogP contribution in [0.5, 0.6) is 0 Å². The van der Waals surface area contributed by atoms with Gasteiger partial charge < -0.3 is 5.11 Å². The molecule has 2 aliphatic rings. The Labute approximate surface area is 88.9 Å². The van der Waals surface area contributed by atoms with Gasteiger partial charge in [0, 0.05) is 0 Å². The van der Waals surface area contributed by atoms with Crippen LogP contribution in [0.25, 0.3) is 0 Å². The fourth-order valence-corrected chi connectivity index (χ4v) is 3.26. The Morgan fingerprint density at radius 2 is 2.00 bits per heavy atom. The van der Waals surface area contributed by atoms with Gasteiger partial charge in [0.25, 0.3) is 0 Å². The lowest BCUT2D eigenvalue weighted by Crippen LogP contribution is -2.04. The molecule has 2 heteroatoms. The van der Waals surface area contributed by atoms with Crippen molar-refractivity contribution in [2.75, 3.05) is 0 Å². The Bertz CT molecular complexity index is 367. The second-order valence-corrected chi connectivity index (χ2v) is 4.84. The van der Waals surface area contributed by atoms with Gasteiger partial charge in [0.2, 0.25) is 0 Å². The summed E-state index contributed by atoms with van der Waals surface area (Å²) in [6.45, 7) is 0. The predicted octanol–water partition coefficient (Wildman–Crippen LogP) is 2.91. The van der Waals surface area contributed by atoms with Crippen LogP contribution in [0.4, 0.5) is 4.39 Å². The fourth-order valence-electron chi connectivity index (χ4n) is 3.26. The monoisotopic (exact) mass is 206 g/mol. The fraction of sp³-hybridized carbons (Fsp3) is 0.538. The second kappa shape index (κ2) is 3.31. The molecule has 0 bridgehead atoms. The molecule has 15 heavy (non-hydrogen) atoms. The van der Waals surface area contributed by atoms with Crippen molar-refractivity contribution in [3.63, 3.8) is 0 Å². The van der Waals surface area contributed by atoms with Crippen LogP contribution in [-0.4, -0.2) is 5.11 Å². The first-order valence-corrected chi connectivity index (χ1v) is 5.71. The number of halogens is 1. The molecule has 0 aliphatic heterocycles. The van der Waals surface area contributed by atoms with Crippen LogP contribution in [-0.2, 0) is 0 Å². The molecule has 1 N–H and O–H groups in total. The van der Waals surface area contributed by atoms with E-state index in [-0.39, 0.29) is 5.82 Å². The summed E-state index contributed by atoms with van der Waals surface area (Å²) in [5.41, 5.74) is 0.745. The summed E-state index contributed by atoms with van der Waals surface area (Å²) in [7, 11) is 0. The maximum Gasteiger partial charge on any atom is 0.123 e. The number of rotatable bonds is 2. The van der Waals surface area contributed by atoms with Gasteiger partial charge >= 0.3 is 0 Å². The number of hydrogen-bond donors (Lipinski definition) is 1. The highest BCUT2D eigenvalue weighted by molar-refractivity contribution is 5.22. The van der Waals surface area contributed by atoms with Crippen molar-refractivity contribution in [2.45, 2.75) is 25.4 Å². The average Bonchev–Trinajstić information content (AvgIpc) is 2.70. The molecule has 2 fully saturated rings. The Morgan fingerprint density at radius 3 is 2.67 bits per heavy atom. The van der Waals surface area contributed by atoms with Gasteiger partial charge in [-0.25, -0.2) is 4.39 Å². The predicted molar refractivity (Wildman–Crippen MR) is 55.7 cm³/mol. The number of aliphatic hydroxyl groups excluding tert-OH is 1. The van der Waals surface area contributed by atoms with Gasteiger partial charge in [-0.15, -0.1) is 0 Å². The van der Waals surface area contributed by atoms with Crippen molar-refractivity contribution in [1.82, 2.24) is 0 Å². The highest BCUT2D eigenvalue weighted by atomic mass is 19.1. The van der Waals surface area contributed by atoms with Crippen LogP contribution in [0.15, 0.2) is 24.3 Å². The molecule has 0 saturated heterocycles. The summed E-state index contributed by atoms with van der Waals surface area (Å²) >= 11 is 0. The first-order chi connectivity index (χ1) is 7.27. The van der Waals surface area contributed by atoms with E-state index >= 15 is 0 Å². The highest BCUT2D eigenvalue weighted by Gasteiger charge is 2.55. The standard InChI is InChI=1S/C13H15FO/c14-9-4-1-3-8(7-9)13(15)12-10-5-2-6-11(10)12/h1,3-4,7,10-13,15H,2,5-6H2. The van der Waals surface area contributed by atoms with Gasteiger partial charge in [-0.1, -0.05) is 18.6 Å². The summed E-state index contributed by atoms with van der Waals surface area (Å²) in [5, 5.41) is 10.1. The maximum absolute atomic E-state index is 13.0. The van der Waals surface area contributed by atoms with Crippen LogP contribution >= 0.6 is 0 Å². The molecule has 2 saturated carbocycles. The topological polar surface area (TPSA) is 20.2 Å². The highest BCUT2D eigenvalue weighted by Crippen LogP contribution is 2.62. The van der Waals surface area contributed by atoms with E-state index in [1.54, 1.807) is 6.07 Å². The molecular weight excluding hydrogens is 191 g/mol. The van der Waals surface area contributed by atoms with Gasteiger partial charge in [0.05, 0.1) is 6.10 Å². The van der Waals surface area contributed by atoms with Crippen molar-refractivity contribution in [3.8, 4) is 0 Å². The van der Waals surface area contributed by atoms with E-state index < -0.39 is 6.10 Å². The largest absolute Gasteiger partial charge is 0.388 e. The number of benzene rings is 1. The third kappa shape index (κ3) is 1.48. The summed E-state index contributed by atoms with van der Waals surface area (Å²) in [6.07, 6.45) is 3.36. The lowest BCUT2D eigenvalue weighted by atomic mass is 10.00. The summed E-state index contributed by atoms with van der Waals surface area (Å²) < 4.78 is 13.0. The van der Waals surface area contributed by atoms with E-state index in [4.69, 9.17) is 0 Å². The van der Waals surface area contributed by atoms with E-state index in [0.717, 1.165) is 5.56 Å². The minimum atomic E-state index is -0.448. The van der Waals surface area contributed by atoms with Crippen LogP contribution < -0.4 is 0 Å². The van der Waals surface area contributed by atoms with Gasteiger partial charge in [-0.3, -0.25) is 0 Å². The van der Waals surface area contributed by atoms with Crippen LogP contribution in [0.2, 0.25) is 0 Å². The lowest BCUT2D eigenvalue weighted by Gasteiger charge is -2.12. The zero-order valence-corrected chi connectivity index (χ0v) is 8.57. The third-order valence-electron chi connectivity index (χ3n) is 4.03. The zero-order chi connectivity index (χ0) is 10.4. The molecule has 0 heterocycles. The lowest BCUT2D eigenvalue weighted by molar-refractivity contribution is 0.137. The molecule has 3 atom stereocenters. The van der Waals surface area contributed by atoms with E-state index in [2.05, 4.69) is 0 Å². The number of hydrogen-bond acceptors (Lipinski definition) is 1. The Kier molecular flexibility index (Phi) is 2.06. The van der Waals surface area contributed by atoms with E-state index in [1.165, 1.54) is 31.4 Å². The number of aliphatic hydroxyl groups is 1. The molecule has 3 unspecified atom stereocenters. The zero-order valence-electron chi connectivity index (χ0n) is 8.57. The van der Waals surface area contributed by atoms with Crippen molar-refractivity contribution < 1.29 is 9.50 Å². The Balaban J connectivity index is 1.78. The smallest absolute Gasteiger partial charge is 0.123 e. The minimum absolute atomic E-state index is 0.252. The van der Waals surface area contributed by atoms with Gasteiger partial charge in [-0.05, 0) is 48.3 Å². The van der Waals surface area contributed by atoms with Crippen LogP contribution in [0.1, 0.15) is 30.9 Å². The summed E-state index contributed by atoms with van der Waals surface area (Å²) in [5.74, 6) is 1.57. The molecule has 2 aliphatic carbocycles. The van der Waals surface area contributed by atoms with Gasteiger partial charge in [0.15, 0.2) is 0 Å². The van der Waals surface area contributed by atoms with E-state index in [9.17, 15) is 9.50 Å². The average molecular weight is 206 g/mol. The third-order valence-corrected chi connectivity index (χ3v) is 4.03. The van der Waals surface area contributed by atoms with Crippen LogP contribution in [0.3, 0.4) is 0 Å². The Hall–Kier alpha value is -0.890. The maximum atomic E-state index is 13.0. The van der Waals surface area contributed by atoms with Crippen molar-refractivity contribution in [1.29, 1.82) is 0 Å². The van der Waals surface area contributed by atoms with Crippen molar-refractivity contribution in [3.05, 3.63) is 35.6 Å². The molecule has 80 valence electrons. The molecule has 0 radical (unpaired) electrons. The molecule has 0 aromatic heterocycles. The molecule has 3 rings (SSSR count). The molecular formula is C13H15FO. The Morgan fingerprint density at radius 1 is 1.27 bits per heavy atom. The van der Waals surface area contributed by atoms with E-state index in [1.807, 2.05) is 6.07 Å². The molecule has 1 nitrogen and oxygen atoms in total. The first kappa shape index (κ1) is 9.34. The minimum Gasteiger partial charge on any atom is -0.388 e. The van der Waals surface area contributed by atoms with Crippen molar-refractivity contribution >= 4 is 0 Å².